The minimum absolute atomic E-state index is 0.251. The van der Waals surface area contributed by atoms with Crippen molar-refractivity contribution in [3.8, 4) is 0 Å². The molecule has 0 radical (unpaired) electrons. The van der Waals surface area contributed by atoms with E-state index in [1.54, 1.807) is 12.1 Å². The number of piperazine rings is 1. The van der Waals surface area contributed by atoms with Gasteiger partial charge < -0.3 is 20.3 Å². The summed E-state index contributed by atoms with van der Waals surface area (Å²) >= 11 is 0. The monoisotopic (exact) mass is 438 g/mol. The molecule has 0 aliphatic carbocycles. The smallest absolute Gasteiger partial charge is 0.338 e. The van der Waals surface area contributed by atoms with Gasteiger partial charge in [0, 0.05) is 44.1 Å². The van der Waals surface area contributed by atoms with E-state index in [0.29, 0.717) is 17.8 Å². The molecule has 1 saturated heterocycles. The van der Waals surface area contributed by atoms with Gasteiger partial charge in [0.05, 0.1) is 18.7 Å². The highest BCUT2D eigenvalue weighted by molar-refractivity contribution is 5.95. The molecule has 4 rings (SSSR count). The number of benzene rings is 2. The fourth-order valence-electron chi connectivity index (χ4n) is 4.14. The van der Waals surface area contributed by atoms with Crippen LogP contribution in [0.2, 0.25) is 0 Å². The average Bonchev–Trinajstić information content (AvgIpc) is 2.80. The largest absolute Gasteiger partial charge is 0.466 e. The number of nitrogens with one attached hydrogen (secondary N) is 2. The second kappa shape index (κ2) is 9.40. The van der Waals surface area contributed by atoms with Crippen LogP contribution < -0.4 is 15.5 Å². The van der Waals surface area contributed by atoms with Gasteiger partial charge in [-0.15, -0.1) is 0 Å². The van der Waals surface area contributed by atoms with Crippen molar-refractivity contribution in [1.82, 2.24) is 15.5 Å². The van der Waals surface area contributed by atoms with Gasteiger partial charge in [-0.05, 0) is 36.8 Å². The number of amides is 2. The number of hydrogen-bond acceptors (Lipinski definition) is 5. The molecule has 2 amide bonds. The highest BCUT2D eigenvalue weighted by atomic mass is 19.1. The minimum atomic E-state index is -0.577. The number of rotatable bonds is 5. The first-order valence-corrected chi connectivity index (χ1v) is 10.6. The van der Waals surface area contributed by atoms with Crippen LogP contribution >= 0.6 is 0 Å². The summed E-state index contributed by atoms with van der Waals surface area (Å²) < 4.78 is 18.3. The van der Waals surface area contributed by atoms with Crippen LogP contribution in [0, 0.1) is 12.7 Å². The van der Waals surface area contributed by atoms with Gasteiger partial charge in [0.2, 0.25) is 0 Å². The van der Waals surface area contributed by atoms with E-state index < -0.39 is 12.0 Å². The van der Waals surface area contributed by atoms with Crippen LogP contribution in [-0.2, 0) is 9.53 Å². The van der Waals surface area contributed by atoms with Crippen molar-refractivity contribution in [3.05, 3.63) is 76.7 Å². The van der Waals surface area contributed by atoms with Crippen molar-refractivity contribution >= 4 is 17.7 Å². The van der Waals surface area contributed by atoms with Crippen LogP contribution in [0.15, 0.2) is 59.8 Å². The van der Waals surface area contributed by atoms with Gasteiger partial charge in [0.1, 0.15) is 5.82 Å². The normalized spacial score (nSPS) is 19.4. The molecule has 2 aliphatic rings. The molecule has 0 unspecified atom stereocenters. The van der Waals surface area contributed by atoms with Crippen molar-refractivity contribution in [2.24, 2.45) is 0 Å². The summed E-state index contributed by atoms with van der Waals surface area (Å²) in [5, 5.41) is 5.67. The molecule has 0 spiro atoms. The Labute approximate surface area is 186 Å². The number of anilines is 1. The van der Waals surface area contributed by atoms with Crippen molar-refractivity contribution in [2.75, 3.05) is 44.7 Å². The maximum absolute atomic E-state index is 13.2. The molecule has 0 saturated carbocycles. The third-order valence-electron chi connectivity index (χ3n) is 5.92. The van der Waals surface area contributed by atoms with Crippen molar-refractivity contribution in [1.29, 1.82) is 0 Å². The predicted octanol–water partition coefficient (Wildman–Crippen LogP) is 2.74. The summed E-state index contributed by atoms with van der Waals surface area (Å²) in [4.78, 5) is 29.5. The summed E-state index contributed by atoms with van der Waals surface area (Å²) in [7, 11) is 1.34. The fraction of sp³-hybridized carbons (Fsp3) is 0.333. The number of ether oxygens (including phenoxy) is 1. The third-order valence-corrected chi connectivity index (χ3v) is 5.92. The first kappa shape index (κ1) is 21.8. The van der Waals surface area contributed by atoms with Crippen LogP contribution in [0.1, 0.15) is 17.2 Å². The molecule has 2 aromatic rings. The predicted molar refractivity (Wildman–Crippen MR) is 120 cm³/mol. The van der Waals surface area contributed by atoms with E-state index in [4.69, 9.17) is 4.74 Å². The van der Waals surface area contributed by atoms with Gasteiger partial charge in [-0.3, -0.25) is 4.90 Å². The summed E-state index contributed by atoms with van der Waals surface area (Å²) in [5.74, 6) is -0.720. The lowest BCUT2D eigenvalue weighted by Crippen LogP contribution is -2.51. The molecule has 2 aliphatic heterocycles. The van der Waals surface area contributed by atoms with E-state index in [9.17, 15) is 14.0 Å². The molecule has 168 valence electrons. The van der Waals surface area contributed by atoms with Crippen LogP contribution in [0.25, 0.3) is 0 Å². The molecular formula is C24H27FN4O3. The molecular weight excluding hydrogens is 411 g/mol. The first-order chi connectivity index (χ1) is 15.4. The second-order valence-electron chi connectivity index (χ2n) is 8.07. The van der Waals surface area contributed by atoms with Crippen molar-refractivity contribution in [3.63, 3.8) is 0 Å². The van der Waals surface area contributed by atoms with Crippen LogP contribution in [-0.4, -0.2) is 56.7 Å². The topological polar surface area (TPSA) is 73.9 Å². The molecule has 8 heteroatoms. The summed E-state index contributed by atoms with van der Waals surface area (Å²) in [6.45, 7) is 5.43. The Hall–Kier alpha value is -3.39. The summed E-state index contributed by atoms with van der Waals surface area (Å²) in [6, 6.07) is 13.3. The van der Waals surface area contributed by atoms with Gasteiger partial charge in [-0.2, -0.15) is 0 Å². The zero-order valence-corrected chi connectivity index (χ0v) is 18.2. The maximum atomic E-state index is 13.2. The molecule has 2 aromatic carbocycles. The number of halogens is 1. The van der Waals surface area contributed by atoms with E-state index in [-0.39, 0.29) is 11.8 Å². The molecule has 0 bridgehead atoms. The minimum Gasteiger partial charge on any atom is -0.466 e. The van der Waals surface area contributed by atoms with E-state index >= 15 is 0 Å². The van der Waals surface area contributed by atoms with Crippen LogP contribution in [0.5, 0.6) is 0 Å². The lowest BCUT2D eigenvalue weighted by atomic mass is 9.94. The number of carbonyl (C=O) groups excluding carboxylic acids is 2. The van der Waals surface area contributed by atoms with E-state index in [2.05, 4.69) is 20.4 Å². The van der Waals surface area contributed by atoms with Gasteiger partial charge in [-0.1, -0.05) is 29.8 Å². The van der Waals surface area contributed by atoms with Gasteiger partial charge >= 0.3 is 12.0 Å². The fourth-order valence-corrected chi connectivity index (χ4v) is 4.14. The second-order valence-corrected chi connectivity index (χ2v) is 8.07. The number of nitrogens with zero attached hydrogens (tertiary/aromatic N) is 2. The third kappa shape index (κ3) is 4.75. The van der Waals surface area contributed by atoms with Gasteiger partial charge in [0.15, 0.2) is 0 Å². The SMILES string of the molecule is COC(=O)C1=C(CN2CCN(c3ccc(F)cc3)CC2)NC(=O)N[C@H]1c1ccc(C)cc1. The average molecular weight is 439 g/mol. The first-order valence-electron chi connectivity index (χ1n) is 10.6. The summed E-state index contributed by atoms with van der Waals surface area (Å²) in [5.41, 5.74) is 3.87. The zero-order valence-electron chi connectivity index (χ0n) is 18.2. The maximum Gasteiger partial charge on any atom is 0.338 e. The van der Waals surface area contributed by atoms with Gasteiger partial charge in [-0.25, -0.2) is 14.0 Å². The molecule has 2 heterocycles. The number of hydrogen-bond donors (Lipinski definition) is 2. The van der Waals surface area contributed by atoms with Crippen LogP contribution in [0.4, 0.5) is 14.9 Å². The lowest BCUT2D eigenvalue weighted by Gasteiger charge is -2.38. The van der Waals surface area contributed by atoms with Crippen molar-refractivity contribution in [2.45, 2.75) is 13.0 Å². The number of urea groups is 1. The quantitative estimate of drug-likeness (QED) is 0.703. The number of carbonyl (C=O) groups is 2. The van der Waals surface area contributed by atoms with E-state index in [1.807, 2.05) is 31.2 Å². The zero-order chi connectivity index (χ0) is 22.7. The molecule has 0 aromatic heterocycles. The molecule has 1 atom stereocenters. The molecule has 1 fully saturated rings. The van der Waals surface area contributed by atoms with E-state index in [0.717, 1.165) is 43.0 Å². The Morgan fingerprint density at radius 2 is 1.72 bits per heavy atom. The Balaban J connectivity index is 1.53. The Kier molecular flexibility index (Phi) is 6.41. The van der Waals surface area contributed by atoms with Crippen LogP contribution in [0.3, 0.4) is 0 Å². The van der Waals surface area contributed by atoms with Crippen molar-refractivity contribution < 1.29 is 18.7 Å². The number of methoxy groups -OCH3 is 1. The Bertz CT molecular complexity index is 1010. The van der Waals surface area contributed by atoms with E-state index in [1.165, 1.54) is 19.2 Å². The highest BCUT2D eigenvalue weighted by Gasteiger charge is 2.34. The molecule has 7 nitrogen and oxygen atoms in total. The molecule has 32 heavy (non-hydrogen) atoms. The standard InChI is InChI=1S/C24H27FN4O3/c1-16-3-5-17(6-4-16)22-21(23(30)32-2)20(26-24(31)27-22)15-28-11-13-29(14-12-28)19-9-7-18(25)8-10-19/h3-10,22H,11-15H2,1-2H3,(H2,26,27,31)/t22-/m0/s1. The Morgan fingerprint density at radius 3 is 2.34 bits per heavy atom. The Morgan fingerprint density at radius 1 is 1.06 bits per heavy atom. The van der Waals surface area contributed by atoms with Gasteiger partial charge in [0.25, 0.3) is 0 Å². The number of aryl methyl sites for hydroxylation is 1. The lowest BCUT2D eigenvalue weighted by molar-refractivity contribution is -0.136. The number of esters is 1. The summed E-state index contributed by atoms with van der Waals surface area (Å²) in [6.07, 6.45) is 0. The molecule has 2 N–H and O–H groups in total. The highest BCUT2D eigenvalue weighted by Crippen LogP contribution is 2.28.